The topological polar surface area (TPSA) is 27.7 Å². The molecule has 4 heteroatoms. The van der Waals surface area contributed by atoms with Crippen LogP contribution in [-0.2, 0) is 9.31 Å². The van der Waals surface area contributed by atoms with E-state index in [0.29, 0.717) is 5.92 Å². The molecule has 1 saturated carbocycles. The van der Waals surface area contributed by atoms with E-state index in [-0.39, 0.29) is 18.3 Å². The Morgan fingerprint density at radius 3 is 2.24 bits per heavy atom. The largest absolute Gasteiger partial charge is 0.497 e. The van der Waals surface area contributed by atoms with Gasteiger partial charge in [0.1, 0.15) is 5.75 Å². The van der Waals surface area contributed by atoms with Crippen molar-refractivity contribution < 1.29 is 14.0 Å². The van der Waals surface area contributed by atoms with Crippen molar-refractivity contribution in [2.24, 2.45) is 5.92 Å². The second-order valence-corrected chi connectivity index (χ2v) is 9.44. The van der Waals surface area contributed by atoms with Crippen molar-refractivity contribution in [3.8, 4) is 5.75 Å². The molecular formula is C25H37BO3. The Morgan fingerprint density at radius 2 is 1.66 bits per heavy atom. The fourth-order valence-corrected chi connectivity index (χ4v) is 4.06. The average molecular weight is 396 g/mol. The zero-order valence-electron chi connectivity index (χ0n) is 18.9. The van der Waals surface area contributed by atoms with Crippen LogP contribution in [0, 0.1) is 5.92 Å². The summed E-state index contributed by atoms with van der Waals surface area (Å²) < 4.78 is 18.0. The van der Waals surface area contributed by atoms with Gasteiger partial charge in [-0.2, -0.15) is 0 Å². The first-order chi connectivity index (χ1) is 13.8. The standard InChI is InChI=1S/C25H37BO3/c1-24(2)25(3,4)29-26(28-24)22(19-21-12-7-6-8-13-21)14-10-9-11-20-15-17-23(27-5)18-16-20/h9,11,15-19,21H,6-8,10,12-14H2,1-5H3/b11-9+,22-19-. The number of ether oxygens (including phenoxy) is 1. The van der Waals surface area contributed by atoms with Crippen LogP contribution < -0.4 is 4.74 Å². The van der Waals surface area contributed by atoms with Crippen molar-refractivity contribution in [2.75, 3.05) is 7.11 Å². The normalized spacial score (nSPS) is 22.4. The van der Waals surface area contributed by atoms with Gasteiger partial charge in [-0.15, -0.1) is 0 Å². The Bertz CT molecular complexity index is 696. The number of allylic oxidation sites excluding steroid dienone is 3. The molecule has 1 aromatic carbocycles. The summed E-state index contributed by atoms with van der Waals surface area (Å²) in [5, 5.41) is 0. The third kappa shape index (κ3) is 5.76. The molecule has 1 heterocycles. The van der Waals surface area contributed by atoms with E-state index in [1.165, 1.54) is 43.1 Å². The highest BCUT2D eigenvalue weighted by Gasteiger charge is 2.52. The summed E-state index contributed by atoms with van der Waals surface area (Å²) in [6.07, 6.45) is 15.5. The summed E-state index contributed by atoms with van der Waals surface area (Å²) in [6, 6.07) is 8.17. The maximum Gasteiger partial charge on any atom is 0.490 e. The Labute approximate surface area is 177 Å². The summed E-state index contributed by atoms with van der Waals surface area (Å²) in [6.45, 7) is 8.53. The third-order valence-electron chi connectivity index (χ3n) is 6.68. The number of methoxy groups -OCH3 is 1. The van der Waals surface area contributed by atoms with E-state index in [1.54, 1.807) is 7.11 Å². The molecule has 0 radical (unpaired) electrons. The van der Waals surface area contributed by atoms with Gasteiger partial charge in [0.15, 0.2) is 0 Å². The van der Waals surface area contributed by atoms with E-state index < -0.39 is 0 Å². The van der Waals surface area contributed by atoms with Crippen LogP contribution in [0.3, 0.4) is 0 Å². The predicted molar refractivity (Wildman–Crippen MR) is 122 cm³/mol. The molecule has 0 spiro atoms. The molecule has 1 aliphatic carbocycles. The van der Waals surface area contributed by atoms with Crippen LogP contribution in [0.25, 0.3) is 6.08 Å². The Morgan fingerprint density at radius 1 is 1.03 bits per heavy atom. The van der Waals surface area contributed by atoms with Crippen molar-refractivity contribution in [1.29, 1.82) is 0 Å². The first kappa shape index (κ1) is 22.2. The number of benzene rings is 1. The molecule has 0 atom stereocenters. The zero-order valence-corrected chi connectivity index (χ0v) is 18.9. The first-order valence-electron chi connectivity index (χ1n) is 11.2. The van der Waals surface area contributed by atoms with Crippen molar-refractivity contribution in [3.63, 3.8) is 0 Å². The lowest BCUT2D eigenvalue weighted by atomic mass is 9.72. The van der Waals surface area contributed by atoms with Crippen molar-refractivity contribution in [1.82, 2.24) is 0 Å². The van der Waals surface area contributed by atoms with Crippen molar-refractivity contribution in [2.45, 2.75) is 83.8 Å². The maximum atomic E-state index is 6.38. The molecular weight excluding hydrogens is 359 g/mol. The Balaban J connectivity index is 1.66. The van der Waals surface area contributed by atoms with Crippen molar-refractivity contribution in [3.05, 3.63) is 47.5 Å². The molecule has 0 bridgehead atoms. The summed E-state index contributed by atoms with van der Waals surface area (Å²) in [4.78, 5) is 0. The minimum atomic E-state index is -0.289. The highest BCUT2D eigenvalue weighted by atomic mass is 16.7. The number of rotatable bonds is 7. The van der Waals surface area contributed by atoms with Gasteiger partial charge < -0.3 is 14.0 Å². The second-order valence-electron chi connectivity index (χ2n) is 9.44. The molecule has 0 unspecified atom stereocenters. The highest BCUT2D eigenvalue weighted by Crippen LogP contribution is 2.40. The van der Waals surface area contributed by atoms with Crippen LogP contribution in [-0.4, -0.2) is 25.4 Å². The number of hydrogen-bond acceptors (Lipinski definition) is 3. The molecule has 0 N–H and O–H groups in total. The molecule has 1 aromatic rings. The maximum absolute atomic E-state index is 6.38. The van der Waals surface area contributed by atoms with Crippen LogP contribution in [0.15, 0.2) is 41.9 Å². The van der Waals surface area contributed by atoms with Gasteiger partial charge in [0, 0.05) is 0 Å². The van der Waals surface area contributed by atoms with E-state index in [0.717, 1.165) is 18.6 Å². The summed E-state index contributed by atoms with van der Waals surface area (Å²) in [5.41, 5.74) is 1.93. The van der Waals surface area contributed by atoms with Gasteiger partial charge in [-0.3, -0.25) is 0 Å². The lowest BCUT2D eigenvalue weighted by molar-refractivity contribution is 0.00578. The van der Waals surface area contributed by atoms with Gasteiger partial charge in [-0.05, 0) is 82.5 Å². The van der Waals surface area contributed by atoms with Gasteiger partial charge in [0.25, 0.3) is 0 Å². The van der Waals surface area contributed by atoms with Crippen LogP contribution in [0.2, 0.25) is 0 Å². The summed E-state index contributed by atoms with van der Waals surface area (Å²) in [7, 11) is 1.47. The molecule has 1 aliphatic heterocycles. The van der Waals surface area contributed by atoms with Gasteiger partial charge in [0.2, 0.25) is 0 Å². The van der Waals surface area contributed by atoms with E-state index in [2.05, 4.69) is 58.1 Å². The van der Waals surface area contributed by atoms with E-state index in [9.17, 15) is 0 Å². The van der Waals surface area contributed by atoms with Crippen molar-refractivity contribution >= 4 is 13.2 Å². The first-order valence-corrected chi connectivity index (χ1v) is 11.2. The van der Waals surface area contributed by atoms with Crippen LogP contribution in [0.1, 0.15) is 78.2 Å². The molecule has 3 rings (SSSR count). The molecule has 2 aliphatic rings. The second kappa shape index (κ2) is 9.53. The minimum Gasteiger partial charge on any atom is -0.497 e. The lowest BCUT2D eigenvalue weighted by Crippen LogP contribution is -2.41. The molecule has 2 fully saturated rings. The average Bonchev–Trinajstić information content (AvgIpc) is 2.92. The zero-order chi connectivity index (χ0) is 20.9. The van der Waals surface area contributed by atoms with Gasteiger partial charge in [-0.1, -0.05) is 49.6 Å². The fraction of sp³-hybridized carbons (Fsp3) is 0.600. The van der Waals surface area contributed by atoms with Crippen LogP contribution >= 0.6 is 0 Å². The number of hydrogen-bond donors (Lipinski definition) is 0. The molecule has 158 valence electrons. The minimum absolute atomic E-state index is 0.226. The predicted octanol–water partition coefficient (Wildman–Crippen LogP) is 6.63. The molecule has 1 saturated heterocycles. The van der Waals surface area contributed by atoms with Crippen LogP contribution in [0.5, 0.6) is 5.75 Å². The SMILES string of the molecule is COc1ccc(/C=C/CC/C(=C/C2CCCCC2)B2OC(C)(C)C(C)(C)O2)cc1. The molecule has 29 heavy (non-hydrogen) atoms. The fourth-order valence-electron chi connectivity index (χ4n) is 4.06. The van der Waals surface area contributed by atoms with Gasteiger partial charge in [-0.25, -0.2) is 0 Å². The van der Waals surface area contributed by atoms with E-state index in [4.69, 9.17) is 14.0 Å². The molecule has 0 aromatic heterocycles. The summed E-state index contributed by atoms with van der Waals surface area (Å²) >= 11 is 0. The molecule has 0 amide bonds. The Hall–Kier alpha value is -1.52. The highest BCUT2D eigenvalue weighted by molar-refractivity contribution is 6.54. The monoisotopic (exact) mass is 396 g/mol. The van der Waals surface area contributed by atoms with E-state index in [1.807, 2.05) is 12.1 Å². The van der Waals surface area contributed by atoms with Gasteiger partial charge in [0.05, 0.1) is 18.3 Å². The third-order valence-corrected chi connectivity index (χ3v) is 6.68. The smallest absolute Gasteiger partial charge is 0.490 e. The van der Waals surface area contributed by atoms with Crippen LogP contribution in [0.4, 0.5) is 0 Å². The Kier molecular flexibility index (Phi) is 7.29. The lowest BCUT2D eigenvalue weighted by Gasteiger charge is -2.32. The summed E-state index contributed by atoms with van der Waals surface area (Å²) in [5.74, 6) is 1.56. The van der Waals surface area contributed by atoms with Gasteiger partial charge >= 0.3 is 7.12 Å². The molecule has 3 nitrogen and oxygen atoms in total. The van der Waals surface area contributed by atoms with E-state index >= 15 is 0 Å². The quantitative estimate of drug-likeness (QED) is 0.484.